The van der Waals surface area contributed by atoms with Crippen molar-refractivity contribution in [3.05, 3.63) is 48.6 Å². The van der Waals surface area contributed by atoms with E-state index in [1.165, 1.54) is 4.90 Å². The van der Waals surface area contributed by atoms with E-state index in [0.29, 0.717) is 36.4 Å². The standard InChI is InChI=1S/C29H39N3O5/c1-3-16-32-25-15-14-22(30-17-7-5-4-6-12-26(30)34)19-24(25)29(37,28(32)36)21(2)10-8-13-27(35)31-18-9-11-23(31)20-33/h3,8,10,14-15,19,21,23,33,37H,1,4-7,9,11-13,16-18,20H2,2H3/b10-8+/t21-,23-,29+/m0/s1. The maximum atomic E-state index is 13.6. The molecule has 3 aliphatic rings. The Balaban J connectivity index is 1.60. The summed E-state index contributed by atoms with van der Waals surface area (Å²) < 4.78 is 0. The van der Waals surface area contributed by atoms with Gasteiger partial charge in [-0.25, -0.2) is 0 Å². The second kappa shape index (κ2) is 11.6. The highest BCUT2D eigenvalue weighted by Gasteiger charge is 2.52. The van der Waals surface area contributed by atoms with Crippen molar-refractivity contribution in [2.45, 2.75) is 69.9 Å². The number of anilines is 2. The van der Waals surface area contributed by atoms with E-state index in [-0.39, 0.29) is 37.4 Å². The summed E-state index contributed by atoms with van der Waals surface area (Å²) in [5.74, 6) is -1.07. The van der Waals surface area contributed by atoms with E-state index in [1.807, 2.05) is 6.07 Å². The fourth-order valence-corrected chi connectivity index (χ4v) is 5.83. The molecule has 0 radical (unpaired) electrons. The Morgan fingerprint density at radius 1 is 1.19 bits per heavy atom. The molecular formula is C29H39N3O5. The first-order valence-corrected chi connectivity index (χ1v) is 13.5. The molecule has 8 nitrogen and oxygen atoms in total. The summed E-state index contributed by atoms with van der Waals surface area (Å²) in [5.41, 5.74) is -0.0707. The first-order valence-electron chi connectivity index (χ1n) is 13.5. The summed E-state index contributed by atoms with van der Waals surface area (Å²) in [6.07, 6.45) is 11.2. The largest absolute Gasteiger partial charge is 0.394 e. The van der Waals surface area contributed by atoms with E-state index in [2.05, 4.69) is 6.58 Å². The molecule has 200 valence electrons. The van der Waals surface area contributed by atoms with Crippen molar-refractivity contribution < 1.29 is 24.6 Å². The van der Waals surface area contributed by atoms with Crippen molar-refractivity contribution >= 4 is 29.1 Å². The Hall–Kier alpha value is -2.97. The van der Waals surface area contributed by atoms with Crippen LogP contribution in [0.15, 0.2) is 43.0 Å². The SMILES string of the molecule is C=CCN1C(=O)[C@@](O)([C@@H](C)/C=C/CC(=O)N2CCC[C@H]2CO)c2cc(N3CCCCCCC3=O)ccc21. The summed E-state index contributed by atoms with van der Waals surface area (Å²) >= 11 is 0. The highest BCUT2D eigenvalue weighted by molar-refractivity contribution is 6.08. The molecule has 0 aliphatic carbocycles. The molecule has 3 aliphatic heterocycles. The zero-order valence-electron chi connectivity index (χ0n) is 21.8. The highest BCUT2D eigenvalue weighted by atomic mass is 16.3. The number of rotatable bonds is 8. The number of benzene rings is 1. The predicted octanol–water partition coefficient (Wildman–Crippen LogP) is 3.27. The molecule has 2 fully saturated rings. The molecule has 4 rings (SSSR count). The lowest BCUT2D eigenvalue weighted by Crippen LogP contribution is -2.44. The minimum atomic E-state index is -1.83. The Labute approximate surface area is 219 Å². The van der Waals surface area contributed by atoms with Crippen LogP contribution in [-0.2, 0) is 20.0 Å². The number of likely N-dealkylation sites (tertiary alicyclic amines) is 1. The van der Waals surface area contributed by atoms with E-state index in [9.17, 15) is 24.6 Å². The molecule has 0 aromatic heterocycles. The fourth-order valence-electron chi connectivity index (χ4n) is 5.83. The lowest BCUT2D eigenvalue weighted by Gasteiger charge is -2.29. The van der Waals surface area contributed by atoms with Crippen LogP contribution in [0.2, 0.25) is 0 Å². The second-order valence-electron chi connectivity index (χ2n) is 10.4. The number of hydrogen-bond acceptors (Lipinski definition) is 5. The van der Waals surface area contributed by atoms with Gasteiger partial charge in [-0.3, -0.25) is 14.4 Å². The predicted molar refractivity (Wildman–Crippen MR) is 143 cm³/mol. The summed E-state index contributed by atoms with van der Waals surface area (Å²) in [6, 6.07) is 5.29. The van der Waals surface area contributed by atoms with Crippen molar-refractivity contribution in [1.29, 1.82) is 0 Å². The molecule has 3 atom stereocenters. The van der Waals surface area contributed by atoms with E-state index in [1.54, 1.807) is 47.1 Å². The number of carbonyl (C=O) groups is 3. The molecule has 0 bridgehead atoms. The average Bonchev–Trinajstić information content (AvgIpc) is 3.44. The zero-order chi connectivity index (χ0) is 26.6. The smallest absolute Gasteiger partial charge is 0.264 e. The van der Waals surface area contributed by atoms with Gasteiger partial charge in [-0.05, 0) is 43.9 Å². The van der Waals surface area contributed by atoms with Crippen molar-refractivity contribution in [1.82, 2.24) is 4.90 Å². The molecule has 3 amide bonds. The van der Waals surface area contributed by atoms with Crippen LogP contribution in [0.4, 0.5) is 11.4 Å². The summed E-state index contributed by atoms with van der Waals surface area (Å²) in [4.78, 5) is 44.1. The quantitative estimate of drug-likeness (QED) is 0.524. The molecule has 2 N–H and O–H groups in total. The third-order valence-electron chi connectivity index (χ3n) is 7.98. The number of aliphatic hydroxyl groups is 2. The third-order valence-corrected chi connectivity index (χ3v) is 7.98. The molecule has 0 spiro atoms. The Morgan fingerprint density at radius 2 is 1.97 bits per heavy atom. The summed E-state index contributed by atoms with van der Waals surface area (Å²) in [6.45, 7) is 6.99. The molecule has 1 aromatic carbocycles. The van der Waals surface area contributed by atoms with Gasteiger partial charge < -0.3 is 24.9 Å². The minimum Gasteiger partial charge on any atom is -0.394 e. The van der Waals surface area contributed by atoms with Gasteiger partial charge in [0.15, 0.2) is 5.60 Å². The van der Waals surface area contributed by atoms with Gasteiger partial charge in [-0.2, -0.15) is 0 Å². The maximum Gasteiger partial charge on any atom is 0.264 e. The van der Waals surface area contributed by atoms with Gasteiger partial charge in [0.05, 0.1) is 18.3 Å². The molecule has 1 aromatic rings. The molecule has 2 saturated heterocycles. The van der Waals surface area contributed by atoms with E-state index in [4.69, 9.17) is 0 Å². The first kappa shape index (κ1) is 27.1. The van der Waals surface area contributed by atoms with E-state index in [0.717, 1.165) is 38.5 Å². The molecular weight excluding hydrogens is 470 g/mol. The molecule has 3 heterocycles. The van der Waals surface area contributed by atoms with Gasteiger partial charge in [-0.15, -0.1) is 6.58 Å². The van der Waals surface area contributed by atoms with E-state index >= 15 is 0 Å². The van der Waals surface area contributed by atoms with Crippen LogP contribution in [0.1, 0.15) is 63.9 Å². The van der Waals surface area contributed by atoms with Crippen LogP contribution < -0.4 is 9.80 Å². The normalized spacial score (nSPS) is 25.4. The number of fused-ring (bicyclic) bond motifs is 1. The van der Waals surface area contributed by atoms with Crippen LogP contribution in [0, 0.1) is 5.92 Å². The summed E-state index contributed by atoms with van der Waals surface area (Å²) in [7, 11) is 0. The fraction of sp³-hybridized carbons (Fsp3) is 0.552. The van der Waals surface area contributed by atoms with Gasteiger partial charge >= 0.3 is 0 Å². The van der Waals surface area contributed by atoms with Gasteiger partial charge in [-0.1, -0.05) is 38.0 Å². The van der Waals surface area contributed by atoms with Crippen molar-refractivity contribution in [2.75, 3.05) is 36.0 Å². The van der Waals surface area contributed by atoms with Gasteiger partial charge in [0, 0.05) is 49.6 Å². The van der Waals surface area contributed by atoms with Crippen LogP contribution in [0.25, 0.3) is 0 Å². The lowest BCUT2D eigenvalue weighted by molar-refractivity contribution is -0.139. The van der Waals surface area contributed by atoms with Gasteiger partial charge in [0.25, 0.3) is 5.91 Å². The number of nitrogens with zero attached hydrogens (tertiary/aromatic N) is 3. The monoisotopic (exact) mass is 509 g/mol. The van der Waals surface area contributed by atoms with Crippen molar-refractivity contribution in [2.24, 2.45) is 5.92 Å². The lowest BCUT2D eigenvalue weighted by atomic mass is 9.82. The molecule has 0 unspecified atom stereocenters. The third kappa shape index (κ3) is 5.22. The Kier molecular flexibility index (Phi) is 8.49. The van der Waals surface area contributed by atoms with Crippen molar-refractivity contribution in [3.8, 4) is 0 Å². The van der Waals surface area contributed by atoms with Crippen LogP contribution >= 0.6 is 0 Å². The van der Waals surface area contributed by atoms with Gasteiger partial charge in [0.2, 0.25) is 11.8 Å². The number of hydrogen-bond donors (Lipinski definition) is 2. The highest BCUT2D eigenvalue weighted by Crippen LogP contribution is 2.46. The Bertz CT molecular complexity index is 1070. The Morgan fingerprint density at radius 3 is 2.73 bits per heavy atom. The van der Waals surface area contributed by atoms with Crippen LogP contribution in [-0.4, -0.2) is 65.1 Å². The van der Waals surface area contributed by atoms with Gasteiger partial charge in [0.1, 0.15) is 0 Å². The van der Waals surface area contributed by atoms with Crippen LogP contribution in [0.3, 0.4) is 0 Å². The van der Waals surface area contributed by atoms with E-state index < -0.39 is 17.4 Å². The molecule has 8 heteroatoms. The number of aliphatic hydroxyl groups excluding tert-OH is 1. The first-order chi connectivity index (χ1) is 17.8. The second-order valence-corrected chi connectivity index (χ2v) is 10.4. The topological polar surface area (TPSA) is 101 Å². The number of carbonyl (C=O) groups excluding carboxylic acids is 3. The van der Waals surface area contributed by atoms with Crippen molar-refractivity contribution in [3.63, 3.8) is 0 Å². The zero-order valence-corrected chi connectivity index (χ0v) is 21.8. The number of amides is 3. The average molecular weight is 510 g/mol. The van der Waals surface area contributed by atoms with Crippen LogP contribution in [0.5, 0.6) is 0 Å². The molecule has 37 heavy (non-hydrogen) atoms. The minimum absolute atomic E-state index is 0.0438. The maximum absolute atomic E-state index is 13.6. The molecule has 0 saturated carbocycles. The summed E-state index contributed by atoms with van der Waals surface area (Å²) in [5, 5.41) is 21.4.